The summed E-state index contributed by atoms with van der Waals surface area (Å²) in [4.78, 5) is 0. The van der Waals surface area contributed by atoms with Crippen molar-refractivity contribution in [2.75, 3.05) is 0 Å². The smallest absolute Gasteiger partial charge is 0.0309 e. The molecule has 11 heavy (non-hydrogen) atoms. The van der Waals surface area contributed by atoms with E-state index in [1.165, 1.54) is 5.57 Å². The van der Waals surface area contributed by atoms with E-state index in [0.717, 1.165) is 5.70 Å². The van der Waals surface area contributed by atoms with Crippen LogP contribution in [0.1, 0.15) is 20.8 Å². The molecule has 0 aromatic carbocycles. The first-order chi connectivity index (χ1) is 5.00. The van der Waals surface area contributed by atoms with E-state index in [0.29, 0.717) is 0 Å². The highest BCUT2D eigenvalue weighted by Crippen LogP contribution is 2.27. The van der Waals surface area contributed by atoms with Crippen LogP contribution >= 0.6 is 0 Å². The van der Waals surface area contributed by atoms with Crippen LogP contribution < -0.4 is 5.32 Å². The zero-order chi connectivity index (χ0) is 8.48. The molecule has 60 valence electrons. The molecular formula is C10H15N. The van der Waals surface area contributed by atoms with E-state index in [1.807, 2.05) is 6.20 Å². The normalized spacial score (nSPS) is 17.7. The molecular weight excluding hydrogens is 134 g/mol. The Bertz CT molecular complexity index is 226. The highest BCUT2D eigenvalue weighted by atomic mass is 14.8. The monoisotopic (exact) mass is 149 g/mol. The van der Waals surface area contributed by atoms with Gasteiger partial charge in [-0.2, -0.15) is 0 Å². The van der Waals surface area contributed by atoms with Gasteiger partial charge in [0.1, 0.15) is 0 Å². The van der Waals surface area contributed by atoms with Crippen molar-refractivity contribution in [2.24, 2.45) is 5.41 Å². The van der Waals surface area contributed by atoms with Crippen molar-refractivity contribution in [1.29, 1.82) is 0 Å². The second-order valence-corrected chi connectivity index (χ2v) is 3.85. The van der Waals surface area contributed by atoms with E-state index < -0.39 is 0 Å². The van der Waals surface area contributed by atoms with Crippen molar-refractivity contribution in [2.45, 2.75) is 20.8 Å². The third kappa shape index (κ3) is 1.97. The molecule has 0 aromatic heterocycles. The number of nitrogens with one attached hydrogen (secondary N) is 1. The minimum atomic E-state index is 0.224. The fourth-order valence-electron chi connectivity index (χ4n) is 0.982. The third-order valence-corrected chi connectivity index (χ3v) is 1.73. The predicted molar refractivity (Wildman–Crippen MR) is 49.0 cm³/mol. The van der Waals surface area contributed by atoms with Crippen molar-refractivity contribution in [3.63, 3.8) is 0 Å². The third-order valence-electron chi connectivity index (χ3n) is 1.73. The van der Waals surface area contributed by atoms with Gasteiger partial charge in [0.25, 0.3) is 0 Å². The number of hydrogen-bond acceptors (Lipinski definition) is 1. The average Bonchev–Trinajstić information content (AvgIpc) is 1.86. The van der Waals surface area contributed by atoms with Crippen LogP contribution in [0, 0.1) is 5.41 Å². The van der Waals surface area contributed by atoms with Gasteiger partial charge < -0.3 is 5.32 Å². The van der Waals surface area contributed by atoms with Gasteiger partial charge in [-0.15, -0.1) is 0 Å². The highest BCUT2D eigenvalue weighted by molar-refractivity contribution is 5.36. The molecule has 0 spiro atoms. The summed E-state index contributed by atoms with van der Waals surface area (Å²) in [6.07, 6.45) is 6.11. The van der Waals surface area contributed by atoms with Crippen LogP contribution in [-0.2, 0) is 0 Å². The van der Waals surface area contributed by atoms with E-state index in [2.05, 4.69) is 44.8 Å². The van der Waals surface area contributed by atoms with Crippen LogP contribution in [0.3, 0.4) is 0 Å². The molecule has 0 radical (unpaired) electrons. The Balaban J connectivity index is 2.88. The minimum Gasteiger partial charge on any atom is -0.362 e. The molecule has 1 heterocycles. The molecule has 0 saturated carbocycles. The van der Waals surface area contributed by atoms with Crippen LogP contribution in [0.4, 0.5) is 0 Å². The Morgan fingerprint density at radius 3 is 2.36 bits per heavy atom. The van der Waals surface area contributed by atoms with Gasteiger partial charge >= 0.3 is 0 Å². The molecule has 0 fully saturated rings. The Labute approximate surface area is 68.5 Å². The number of rotatable bonds is 0. The van der Waals surface area contributed by atoms with Crippen LogP contribution in [0.15, 0.2) is 36.2 Å². The van der Waals surface area contributed by atoms with Crippen LogP contribution in [0.2, 0.25) is 0 Å². The summed E-state index contributed by atoms with van der Waals surface area (Å²) < 4.78 is 0. The van der Waals surface area contributed by atoms with Crippen molar-refractivity contribution < 1.29 is 0 Å². The molecule has 1 nitrogen and oxygen atoms in total. The maximum absolute atomic E-state index is 3.84. The molecule has 1 N–H and O–H groups in total. The first kappa shape index (κ1) is 8.12. The topological polar surface area (TPSA) is 12.0 Å². The zero-order valence-electron chi connectivity index (χ0n) is 7.44. The van der Waals surface area contributed by atoms with Gasteiger partial charge in [-0.05, 0) is 23.1 Å². The number of dihydropyridines is 1. The van der Waals surface area contributed by atoms with Gasteiger partial charge in [0.05, 0.1) is 0 Å². The molecule has 1 heteroatoms. The molecule has 1 aliphatic rings. The second kappa shape index (κ2) is 2.57. The van der Waals surface area contributed by atoms with Gasteiger partial charge in [0, 0.05) is 11.9 Å². The standard InChI is InChI=1S/C10H15N/c1-8-7-9(5-6-11-8)10(2,3)4/h5-7,11H,1H2,2-4H3. The Kier molecular flexibility index (Phi) is 1.90. The van der Waals surface area contributed by atoms with Crippen LogP contribution in [0.25, 0.3) is 0 Å². The van der Waals surface area contributed by atoms with Gasteiger partial charge in [-0.1, -0.05) is 27.4 Å². The highest BCUT2D eigenvalue weighted by Gasteiger charge is 2.15. The Morgan fingerprint density at radius 1 is 1.36 bits per heavy atom. The molecule has 1 rings (SSSR count). The number of hydrogen-bond donors (Lipinski definition) is 1. The minimum absolute atomic E-state index is 0.224. The summed E-state index contributed by atoms with van der Waals surface area (Å²) in [6, 6.07) is 0. The second-order valence-electron chi connectivity index (χ2n) is 3.85. The van der Waals surface area contributed by atoms with E-state index in [1.54, 1.807) is 0 Å². The number of allylic oxidation sites excluding steroid dienone is 3. The summed E-state index contributed by atoms with van der Waals surface area (Å²) in [7, 11) is 0. The lowest BCUT2D eigenvalue weighted by molar-refractivity contribution is 0.514. The molecule has 0 unspecified atom stereocenters. The van der Waals surface area contributed by atoms with Crippen molar-refractivity contribution >= 4 is 0 Å². The molecule has 0 atom stereocenters. The van der Waals surface area contributed by atoms with Gasteiger partial charge in [0.2, 0.25) is 0 Å². The summed E-state index contributed by atoms with van der Waals surface area (Å²) in [6.45, 7) is 10.4. The predicted octanol–water partition coefficient (Wildman–Crippen LogP) is 2.59. The SMILES string of the molecule is C=C1C=C(C(C)(C)C)C=CN1. The van der Waals surface area contributed by atoms with Gasteiger partial charge in [0.15, 0.2) is 0 Å². The maximum atomic E-state index is 3.84. The molecule has 1 aliphatic heterocycles. The van der Waals surface area contributed by atoms with E-state index in [4.69, 9.17) is 0 Å². The van der Waals surface area contributed by atoms with Crippen molar-refractivity contribution in [3.8, 4) is 0 Å². The van der Waals surface area contributed by atoms with Gasteiger partial charge in [-0.25, -0.2) is 0 Å². The summed E-state index contributed by atoms with van der Waals surface area (Å²) in [5, 5.41) is 3.03. The summed E-state index contributed by atoms with van der Waals surface area (Å²) >= 11 is 0. The molecule has 0 aromatic rings. The van der Waals surface area contributed by atoms with Crippen molar-refractivity contribution in [1.82, 2.24) is 5.32 Å². The lowest BCUT2D eigenvalue weighted by Crippen LogP contribution is -2.14. The molecule has 0 saturated heterocycles. The Hall–Kier alpha value is -0.980. The largest absolute Gasteiger partial charge is 0.362 e. The lowest BCUT2D eigenvalue weighted by atomic mass is 9.85. The van der Waals surface area contributed by atoms with Crippen LogP contribution in [0.5, 0.6) is 0 Å². The molecule has 0 aliphatic carbocycles. The summed E-state index contributed by atoms with van der Waals surface area (Å²) in [5.41, 5.74) is 2.51. The zero-order valence-corrected chi connectivity index (χ0v) is 7.44. The first-order valence-corrected chi connectivity index (χ1v) is 3.84. The maximum Gasteiger partial charge on any atom is 0.0309 e. The van der Waals surface area contributed by atoms with E-state index in [9.17, 15) is 0 Å². The van der Waals surface area contributed by atoms with Gasteiger partial charge in [-0.3, -0.25) is 0 Å². The van der Waals surface area contributed by atoms with E-state index in [-0.39, 0.29) is 5.41 Å². The summed E-state index contributed by atoms with van der Waals surface area (Å²) in [5.74, 6) is 0. The van der Waals surface area contributed by atoms with Crippen molar-refractivity contribution in [3.05, 3.63) is 36.2 Å². The lowest BCUT2D eigenvalue weighted by Gasteiger charge is -2.23. The van der Waals surface area contributed by atoms with E-state index >= 15 is 0 Å². The molecule has 0 amide bonds. The fourth-order valence-corrected chi connectivity index (χ4v) is 0.982. The Morgan fingerprint density at radius 2 is 2.00 bits per heavy atom. The fraction of sp³-hybridized carbons (Fsp3) is 0.400. The average molecular weight is 149 g/mol. The van der Waals surface area contributed by atoms with Crippen LogP contribution in [-0.4, -0.2) is 0 Å². The first-order valence-electron chi connectivity index (χ1n) is 3.84. The molecule has 0 bridgehead atoms. The quantitative estimate of drug-likeness (QED) is 0.558.